The number of benzene rings is 1. The van der Waals surface area contributed by atoms with Crippen LogP contribution >= 0.6 is 23.2 Å². The van der Waals surface area contributed by atoms with Crippen LogP contribution < -0.4 is 10.1 Å². The van der Waals surface area contributed by atoms with Gasteiger partial charge in [-0.25, -0.2) is 0 Å². The first-order valence-electron chi connectivity index (χ1n) is 6.49. The maximum Gasteiger partial charge on any atom is 0.307 e. The molecule has 0 aliphatic heterocycles. The summed E-state index contributed by atoms with van der Waals surface area (Å²) in [7, 11) is 0. The Morgan fingerprint density at radius 2 is 2.05 bits per heavy atom. The average Bonchev–Trinajstić information content (AvgIpc) is 2.42. The van der Waals surface area contributed by atoms with Gasteiger partial charge in [-0.1, -0.05) is 23.2 Å². The van der Waals surface area contributed by atoms with E-state index in [2.05, 4.69) is 5.32 Å². The van der Waals surface area contributed by atoms with Crippen LogP contribution in [0.1, 0.15) is 20.3 Å². The highest BCUT2D eigenvalue weighted by molar-refractivity contribution is 6.35. The number of ether oxygens (including phenoxy) is 2. The molecule has 0 aliphatic rings. The molecule has 0 saturated carbocycles. The smallest absolute Gasteiger partial charge is 0.307 e. The molecule has 7 heteroatoms. The van der Waals surface area contributed by atoms with Gasteiger partial charge in [-0.3, -0.25) is 9.59 Å². The highest BCUT2D eigenvalue weighted by atomic mass is 35.5. The number of hydrogen-bond acceptors (Lipinski definition) is 4. The number of hydrogen-bond donors (Lipinski definition) is 1. The lowest BCUT2D eigenvalue weighted by molar-refractivity contribution is -0.143. The Morgan fingerprint density at radius 1 is 1.33 bits per heavy atom. The van der Waals surface area contributed by atoms with Crippen molar-refractivity contribution in [2.75, 3.05) is 13.2 Å². The Hall–Kier alpha value is -1.46. The number of amides is 1. The molecule has 1 unspecified atom stereocenters. The van der Waals surface area contributed by atoms with E-state index in [0.29, 0.717) is 22.4 Å². The molecule has 1 aromatic carbocycles. The zero-order valence-electron chi connectivity index (χ0n) is 11.8. The van der Waals surface area contributed by atoms with Gasteiger partial charge in [-0.05, 0) is 32.0 Å². The van der Waals surface area contributed by atoms with Gasteiger partial charge < -0.3 is 14.8 Å². The lowest BCUT2D eigenvalue weighted by Gasteiger charge is -2.15. The van der Waals surface area contributed by atoms with Crippen molar-refractivity contribution in [3.05, 3.63) is 28.2 Å². The first-order valence-corrected chi connectivity index (χ1v) is 7.24. The van der Waals surface area contributed by atoms with Gasteiger partial charge in [0.25, 0.3) is 5.91 Å². The molecule has 1 atom stereocenters. The number of halogens is 2. The van der Waals surface area contributed by atoms with Gasteiger partial charge in [0, 0.05) is 11.6 Å². The molecule has 0 bridgehead atoms. The Bertz CT molecular complexity index is 508. The third-order valence-electron chi connectivity index (χ3n) is 2.50. The Morgan fingerprint density at radius 3 is 2.67 bits per heavy atom. The minimum atomic E-state index is -0.745. The van der Waals surface area contributed by atoms with E-state index in [9.17, 15) is 9.59 Å². The van der Waals surface area contributed by atoms with E-state index in [1.165, 1.54) is 6.07 Å². The second-order valence-corrected chi connectivity index (χ2v) is 5.02. The summed E-state index contributed by atoms with van der Waals surface area (Å²) in [5, 5.41) is 3.40. The largest absolute Gasteiger partial charge is 0.479 e. The van der Waals surface area contributed by atoms with E-state index in [0.717, 1.165) is 0 Å². The van der Waals surface area contributed by atoms with Crippen molar-refractivity contribution in [3.8, 4) is 5.75 Å². The van der Waals surface area contributed by atoms with Crippen molar-refractivity contribution < 1.29 is 19.1 Å². The van der Waals surface area contributed by atoms with Crippen molar-refractivity contribution >= 4 is 35.1 Å². The molecule has 0 heterocycles. The van der Waals surface area contributed by atoms with Crippen LogP contribution in [0.15, 0.2) is 18.2 Å². The zero-order valence-corrected chi connectivity index (χ0v) is 13.3. The average molecular weight is 334 g/mol. The number of nitrogens with one attached hydrogen (secondary N) is 1. The SMILES string of the molecule is CCOC(=O)CCNC(=O)C(C)Oc1ccc(Cl)cc1Cl. The van der Waals surface area contributed by atoms with E-state index in [-0.39, 0.29) is 24.8 Å². The minimum Gasteiger partial charge on any atom is -0.479 e. The van der Waals surface area contributed by atoms with Gasteiger partial charge in [0.2, 0.25) is 0 Å². The molecule has 1 amide bonds. The predicted molar refractivity (Wildman–Crippen MR) is 80.8 cm³/mol. The summed E-state index contributed by atoms with van der Waals surface area (Å²) < 4.78 is 10.2. The van der Waals surface area contributed by atoms with E-state index >= 15 is 0 Å². The molecule has 21 heavy (non-hydrogen) atoms. The van der Waals surface area contributed by atoms with Crippen molar-refractivity contribution in [2.45, 2.75) is 26.4 Å². The summed E-state index contributed by atoms with van der Waals surface area (Å²) in [6.07, 6.45) is -0.626. The van der Waals surface area contributed by atoms with Crippen LogP contribution in [-0.2, 0) is 14.3 Å². The van der Waals surface area contributed by atoms with Crippen LogP contribution in [0.2, 0.25) is 10.0 Å². The monoisotopic (exact) mass is 333 g/mol. The maximum absolute atomic E-state index is 11.8. The summed E-state index contributed by atoms with van der Waals surface area (Å²) >= 11 is 11.7. The van der Waals surface area contributed by atoms with Gasteiger partial charge in [-0.15, -0.1) is 0 Å². The quantitative estimate of drug-likeness (QED) is 0.779. The molecule has 0 aliphatic carbocycles. The lowest BCUT2D eigenvalue weighted by Crippen LogP contribution is -2.37. The van der Waals surface area contributed by atoms with Crippen molar-refractivity contribution in [1.29, 1.82) is 0 Å². The van der Waals surface area contributed by atoms with Gasteiger partial charge in [0.05, 0.1) is 18.1 Å². The summed E-state index contributed by atoms with van der Waals surface area (Å²) in [6, 6.07) is 4.74. The molecule has 0 aromatic heterocycles. The number of carbonyl (C=O) groups is 2. The maximum atomic E-state index is 11.8. The van der Waals surface area contributed by atoms with Crippen LogP contribution in [0, 0.1) is 0 Å². The molecule has 0 radical (unpaired) electrons. The molecule has 116 valence electrons. The molecule has 0 fully saturated rings. The van der Waals surface area contributed by atoms with Crippen LogP contribution in [0.25, 0.3) is 0 Å². The fourth-order valence-corrected chi connectivity index (χ4v) is 1.93. The summed E-state index contributed by atoms with van der Waals surface area (Å²) in [4.78, 5) is 22.9. The fourth-order valence-electron chi connectivity index (χ4n) is 1.48. The topological polar surface area (TPSA) is 64.6 Å². The summed E-state index contributed by atoms with van der Waals surface area (Å²) in [5.74, 6) is -0.327. The molecular weight excluding hydrogens is 317 g/mol. The highest BCUT2D eigenvalue weighted by Gasteiger charge is 2.16. The van der Waals surface area contributed by atoms with Crippen molar-refractivity contribution in [1.82, 2.24) is 5.32 Å². The Labute approximate surface area is 133 Å². The Balaban J connectivity index is 2.42. The number of carbonyl (C=O) groups excluding carboxylic acids is 2. The molecule has 0 saturated heterocycles. The summed E-state index contributed by atoms with van der Waals surface area (Å²) in [6.45, 7) is 3.83. The molecule has 1 N–H and O–H groups in total. The Kier molecular flexibility index (Phi) is 7.32. The molecule has 1 aromatic rings. The molecule has 5 nitrogen and oxygen atoms in total. The van der Waals surface area contributed by atoms with Crippen LogP contribution in [0.5, 0.6) is 5.75 Å². The lowest BCUT2D eigenvalue weighted by atomic mass is 10.3. The first kappa shape index (κ1) is 17.6. The molecule has 0 spiro atoms. The van der Waals surface area contributed by atoms with Crippen molar-refractivity contribution in [3.63, 3.8) is 0 Å². The fraction of sp³-hybridized carbons (Fsp3) is 0.429. The van der Waals surface area contributed by atoms with Crippen LogP contribution in [0.3, 0.4) is 0 Å². The van der Waals surface area contributed by atoms with E-state index in [4.69, 9.17) is 32.7 Å². The van der Waals surface area contributed by atoms with Gasteiger partial charge in [0.15, 0.2) is 6.10 Å². The predicted octanol–water partition coefficient (Wildman–Crippen LogP) is 2.83. The van der Waals surface area contributed by atoms with Gasteiger partial charge in [-0.2, -0.15) is 0 Å². The summed E-state index contributed by atoms with van der Waals surface area (Å²) in [5.41, 5.74) is 0. The third kappa shape index (κ3) is 6.23. The van der Waals surface area contributed by atoms with Gasteiger partial charge in [0.1, 0.15) is 5.75 Å². The normalized spacial score (nSPS) is 11.6. The molecular formula is C14H17Cl2NO4. The second kappa shape index (κ2) is 8.74. The van der Waals surface area contributed by atoms with E-state index in [1.807, 2.05) is 0 Å². The standard InChI is InChI=1S/C14H17Cl2NO4/c1-3-20-13(18)6-7-17-14(19)9(2)21-12-5-4-10(15)8-11(12)16/h4-5,8-9H,3,6-7H2,1-2H3,(H,17,19). The van der Waals surface area contributed by atoms with Crippen LogP contribution in [0.4, 0.5) is 0 Å². The number of esters is 1. The minimum absolute atomic E-state index is 0.119. The highest BCUT2D eigenvalue weighted by Crippen LogP contribution is 2.28. The van der Waals surface area contributed by atoms with E-state index in [1.54, 1.807) is 26.0 Å². The third-order valence-corrected chi connectivity index (χ3v) is 3.03. The van der Waals surface area contributed by atoms with Crippen LogP contribution in [-0.4, -0.2) is 31.1 Å². The van der Waals surface area contributed by atoms with Gasteiger partial charge >= 0.3 is 5.97 Å². The molecule has 1 rings (SSSR count). The van der Waals surface area contributed by atoms with E-state index < -0.39 is 6.10 Å². The second-order valence-electron chi connectivity index (χ2n) is 4.18. The van der Waals surface area contributed by atoms with Crippen molar-refractivity contribution in [2.24, 2.45) is 0 Å². The zero-order chi connectivity index (χ0) is 15.8. The first-order chi connectivity index (χ1) is 9.93. The number of rotatable bonds is 7.